The van der Waals surface area contributed by atoms with Gasteiger partial charge in [0.2, 0.25) is 5.95 Å². The molecule has 2 atom stereocenters. The molecule has 9 nitrogen and oxygen atoms in total. The van der Waals surface area contributed by atoms with E-state index in [0.29, 0.717) is 33.8 Å². The first-order valence-electron chi connectivity index (χ1n) is 10.4. The normalized spacial score (nSPS) is 25.3. The highest BCUT2D eigenvalue weighted by Crippen LogP contribution is 2.46. The molecule has 158 valence electrons. The number of pyridine rings is 1. The molecular formula is C21H20FN7O2. The van der Waals surface area contributed by atoms with Crippen LogP contribution in [0.1, 0.15) is 25.7 Å². The predicted octanol–water partition coefficient (Wildman–Crippen LogP) is 3.11. The maximum Gasteiger partial charge on any atom is 0.308 e. The number of fused-ring (bicyclic) bond motifs is 5. The van der Waals surface area contributed by atoms with Gasteiger partial charge in [-0.15, -0.1) is 5.10 Å². The number of aromatic amines is 1. The van der Waals surface area contributed by atoms with Gasteiger partial charge in [-0.25, -0.2) is 23.9 Å². The molecule has 31 heavy (non-hydrogen) atoms. The lowest BCUT2D eigenvalue weighted by Gasteiger charge is -2.46. The molecule has 4 aromatic rings. The Hall–Kier alpha value is -3.56. The summed E-state index contributed by atoms with van der Waals surface area (Å²) >= 11 is 0. The number of nitrogens with zero attached hydrogens (tertiary/aromatic N) is 5. The molecule has 3 aliphatic rings. The average Bonchev–Trinajstić information content (AvgIpc) is 3.40. The van der Waals surface area contributed by atoms with Gasteiger partial charge in [-0.05, 0) is 43.6 Å². The molecule has 4 aromatic heterocycles. The lowest BCUT2D eigenvalue weighted by Crippen LogP contribution is -2.51. The zero-order valence-corrected chi connectivity index (χ0v) is 16.5. The van der Waals surface area contributed by atoms with Crippen LogP contribution in [0.25, 0.3) is 27.8 Å². The summed E-state index contributed by atoms with van der Waals surface area (Å²) in [7, 11) is 0. The van der Waals surface area contributed by atoms with Gasteiger partial charge in [0, 0.05) is 23.2 Å². The maximum absolute atomic E-state index is 13.9. The van der Waals surface area contributed by atoms with Crippen LogP contribution in [-0.2, 0) is 4.79 Å². The van der Waals surface area contributed by atoms with E-state index in [-0.39, 0.29) is 17.9 Å². The minimum absolute atomic E-state index is 0.180. The Morgan fingerprint density at radius 2 is 2.03 bits per heavy atom. The fourth-order valence-electron chi connectivity index (χ4n) is 5.42. The van der Waals surface area contributed by atoms with Gasteiger partial charge in [0.1, 0.15) is 29.0 Å². The second-order valence-corrected chi connectivity index (χ2v) is 8.47. The van der Waals surface area contributed by atoms with E-state index in [9.17, 15) is 14.3 Å². The van der Waals surface area contributed by atoms with E-state index in [1.54, 1.807) is 23.2 Å². The first-order valence-corrected chi connectivity index (χ1v) is 10.4. The molecule has 3 N–H and O–H groups in total. The van der Waals surface area contributed by atoms with Crippen LogP contribution >= 0.6 is 0 Å². The third-order valence-corrected chi connectivity index (χ3v) is 6.84. The van der Waals surface area contributed by atoms with Crippen molar-refractivity contribution in [3.05, 3.63) is 36.8 Å². The minimum atomic E-state index is -0.769. The first kappa shape index (κ1) is 18.2. The molecular weight excluding hydrogens is 401 g/mol. The number of aromatic nitrogens is 6. The smallest absolute Gasteiger partial charge is 0.308 e. The molecule has 0 radical (unpaired) electrons. The number of H-pyrrole nitrogens is 1. The van der Waals surface area contributed by atoms with Crippen LogP contribution in [0.4, 0.5) is 10.3 Å². The second kappa shape index (κ2) is 6.73. The summed E-state index contributed by atoms with van der Waals surface area (Å²) in [6.07, 6.45) is 10.1. The number of anilines is 1. The molecule has 3 saturated carbocycles. The zero-order valence-electron chi connectivity index (χ0n) is 16.5. The molecule has 2 bridgehead atoms. The number of halogens is 1. The molecule has 7 rings (SSSR count). The summed E-state index contributed by atoms with van der Waals surface area (Å²) in [6, 6.07) is 1.19. The average molecular weight is 421 g/mol. The number of carboxylic acid groups (broad SMARTS) is 1. The fourth-order valence-corrected chi connectivity index (χ4v) is 5.42. The highest BCUT2D eigenvalue weighted by Gasteiger charge is 2.47. The van der Waals surface area contributed by atoms with Crippen LogP contribution in [0.5, 0.6) is 0 Å². The Kier molecular flexibility index (Phi) is 3.95. The zero-order chi connectivity index (χ0) is 21.1. The summed E-state index contributed by atoms with van der Waals surface area (Å²) in [5, 5.41) is 18.3. The van der Waals surface area contributed by atoms with Crippen molar-refractivity contribution in [1.82, 2.24) is 29.5 Å². The Morgan fingerprint density at radius 3 is 2.84 bits per heavy atom. The van der Waals surface area contributed by atoms with E-state index >= 15 is 0 Å². The summed E-state index contributed by atoms with van der Waals surface area (Å²) in [6.45, 7) is 0. The van der Waals surface area contributed by atoms with E-state index in [2.05, 4.69) is 25.4 Å². The maximum atomic E-state index is 13.9. The van der Waals surface area contributed by atoms with E-state index in [1.165, 1.54) is 6.07 Å². The highest BCUT2D eigenvalue weighted by atomic mass is 19.1. The Morgan fingerprint density at radius 1 is 1.23 bits per heavy atom. The summed E-state index contributed by atoms with van der Waals surface area (Å²) in [5.41, 5.74) is 2.47. The van der Waals surface area contributed by atoms with Crippen LogP contribution in [0, 0.1) is 23.6 Å². The van der Waals surface area contributed by atoms with Crippen LogP contribution in [0.15, 0.2) is 31.0 Å². The molecule has 4 heterocycles. The van der Waals surface area contributed by atoms with Gasteiger partial charge < -0.3 is 15.4 Å². The van der Waals surface area contributed by atoms with Crippen molar-refractivity contribution in [2.24, 2.45) is 17.8 Å². The van der Waals surface area contributed by atoms with E-state index in [4.69, 9.17) is 4.98 Å². The van der Waals surface area contributed by atoms with Crippen molar-refractivity contribution < 1.29 is 14.3 Å². The van der Waals surface area contributed by atoms with Crippen LogP contribution < -0.4 is 5.32 Å². The van der Waals surface area contributed by atoms with Gasteiger partial charge >= 0.3 is 5.97 Å². The Labute approximate surface area is 175 Å². The quantitative estimate of drug-likeness (QED) is 0.463. The number of hydrogen-bond donors (Lipinski definition) is 3. The molecule has 10 heteroatoms. The largest absolute Gasteiger partial charge is 0.481 e. The molecule has 0 aliphatic heterocycles. The molecule has 0 spiro atoms. The number of carboxylic acids is 1. The fraction of sp³-hybridized carbons (Fsp3) is 0.381. The molecule has 0 saturated heterocycles. The molecule has 0 aromatic carbocycles. The van der Waals surface area contributed by atoms with Crippen molar-refractivity contribution in [1.29, 1.82) is 0 Å². The predicted molar refractivity (Wildman–Crippen MR) is 110 cm³/mol. The minimum Gasteiger partial charge on any atom is -0.481 e. The molecule has 3 fully saturated rings. The molecule has 1 unspecified atom stereocenters. The van der Waals surface area contributed by atoms with Gasteiger partial charge in [-0.1, -0.05) is 0 Å². The van der Waals surface area contributed by atoms with E-state index in [0.717, 1.165) is 31.9 Å². The van der Waals surface area contributed by atoms with Crippen molar-refractivity contribution in [2.75, 3.05) is 5.32 Å². The lowest BCUT2D eigenvalue weighted by atomic mass is 9.61. The number of rotatable bonds is 4. The van der Waals surface area contributed by atoms with E-state index in [1.807, 2.05) is 0 Å². The number of aliphatic carboxylic acids is 1. The molecule has 3 aliphatic carbocycles. The van der Waals surface area contributed by atoms with Crippen molar-refractivity contribution in [2.45, 2.75) is 31.7 Å². The standard InChI is InChI=1S/C21H20FN7O2/c22-12-5-13-14(7-25-19(13)24-6-12)18-15-8-23-9-29(15)28-21(27-18)26-17-11-3-1-10(2-4-11)16(17)20(30)31/h5-11,16-17H,1-4H2,(H,24,25)(H,26,28)(H,30,31)/t10-,11+,16-,17?/m0/s1. The number of nitrogens with one attached hydrogen (secondary N) is 2. The Bertz CT molecular complexity index is 1310. The number of carbonyl (C=O) groups is 1. The van der Waals surface area contributed by atoms with Gasteiger partial charge in [0.05, 0.1) is 18.3 Å². The topological polar surface area (TPSA) is 121 Å². The second-order valence-electron chi connectivity index (χ2n) is 8.47. The first-order chi connectivity index (χ1) is 15.1. The van der Waals surface area contributed by atoms with Gasteiger partial charge in [0.25, 0.3) is 0 Å². The monoisotopic (exact) mass is 421 g/mol. The highest BCUT2D eigenvalue weighted by molar-refractivity contribution is 5.96. The van der Waals surface area contributed by atoms with Gasteiger partial charge in [-0.2, -0.15) is 0 Å². The summed E-state index contributed by atoms with van der Waals surface area (Å²) in [4.78, 5) is 28.0. The SMILES string of the molecule is O=C(O)[C@@H]1C(Nc2nc(-c3c[nH]c4ncc(F)cc34)c3cncn3n2)[C@H]2CC[C@@H]1CC2. The molecule has 0 amide bonds. The van der Waals surface area contributed by atoms with Gasteiger partial charge in [0.15, 0.2) is 0 Å². The van der Waals surface area contributed by atoms with E-state index < -0.39 is 17.7 Å². The lowest BCUT2D eigenvalue weighted by molar-refractivity contribution is -0.148. The number of imidazole rings is 1. The van der Waals surface area contributed by atoms with Crippen molar-refractivity contribution in [3.8, 4) is 11.3 Å². The number of hydrogen-bond acceptors (Lipinski definition) is 6. The van der Waals surface area contributed by atoms with Gasteiger partial charge in [-0.3, -0.25) is 4.79 Å². The van der Waals surface area contributed by atoms with Crippen molar-refractivity contribution >= 4 is 28.5 Å². The Balaban J connectivity index is 1.45. The van der Waals surface area contributed by atoms with Crippen molar-refractivity contribution in [3.63, 3.8) is 0 Å². The van der Waals surface area contributed by atoms with Crippen LogP contribution in [-0.4, -0.2) is 46.7 Å². The van der Waals surface area contributed by atoms with Crippen LogP contribution in [0.3, 0.4) is 0 Å². The third kappa shape index (κ3) is 2.85. The third-order valence-electron chi connectivity index (χ3n) is 6.84. The summed E-state index contributed by atoms with van der Waals surface area (Å²) in [5.74, 6) is -0.864. The van der Waals surface area contributed by atoms with Crippen LogP contribution in [0.2, 0.25) is 0 Å². The summed E-state index contributed by atoms with van der Waals surface area (Å²) < 4.78 is 15.5.